The molecule has 0 spiro atoms. The molecule has 2 rings (SSSR count). The molecule has 142 valence electrons. The van der Waals surface area contributed by atoms with Crippen LogP contribution in [0.3, 0.4) is 0 Å². The highest BCUT2D eigenvalue weighted by Crippen LogP contribution is 2.34. The molecule has 3 heteroatoms. The van der Waals surface area contributed by atoms with E-state index in [0.717, 1.165) is 24.5 Å². The summed E-state index contributed by atoms with van der Waals surface area (Å²) in [6, 6.07) is 6.57. The van der Waals surface area contributed by atoms with Crippen LogP contribution in [0.5, 0.6) is 0 Å². The molecule has 0 amide bonds. The van der Waals surface area contributed by atoms with E-state index in [2.05, 4.69) is 71.1 Å². The van der Waals surface area contributed by atoms with Crippen LogP contribution >= 0.6 is 0 Å². The number of aromatic nitrogens is 2. The van der Waals surface area contributed by atoms with Crippen LogP contribution in [0.15, 0.2) is 24.4 Å². The van der Waals surface area contributed by atoms with E-state index in [-0.39, 0.29) is 0 Å². The molecular weight excluding hydrogens is 318 g/mol. The van der Waals surface area contributed by atoms with Crippen LogP contribution in [0, 0.1) is 0 Å². The van der Waals surface area contributed by atoms with Gasteiger partial charge in [-0.25, -0.2) is 9.97 Å². The van der Waals surface area contributed by atoms with E-state index in [1.807, 2.05) is 0 Å². The molecule has 0 unspecified atom stereocenters. The van der Waals surface area contributed by atoms with Crippen molar-refractivity contribution in [2.45, 2.75) is 72.1 Å². The average Bonchev–Trinajstić information content (AvgIpc) is 2.66. The molecule has 0 saturated heterocycles. The number of hydrogen-bond donors (Lipinski definition) is 0. The zero-order chi connectivity index (χ0) is 19.1. The van der Waals surface area contributed by atoms with Gasteiger partial charge in [0.05, 0.1) is 0 Å². The van der Waals surface area contributed by atoms with Gasteiger partial charge in [0.15, 0.2) is 5.82 Å². The SMILES string of the molecule is CCCC(CCC)c1cnc(-c2c(CC)cccc2CC)nc1N(C)C. The molecule has 0 atom stereocenters. The van der Waals surface area contributed by atoms with E-state index in [1.165, 1.54) is 47.9 Å². The Hall–Kier alpha value is -1.90. The molecule has 1 aromatic heterocycles. The van der Waals surface area contributed by atoms with E-state index in [0.29, 0.717) is 5.92 Å². The summed E-state index contributed by atoms with van der Waals surface area (Å²) in [5.74, 6) is 2.50. The van der Waals surface area contributed by atoms with Crippen molar-refractivity contribution in [2.24, 2.45) is 0 Å². The van der Waals surface area contributed by atoms with Crippen LogP contribution < -0.4 is 4.90 Å². The number of benzene rings is 1. The Balaban J connectivity index is 2.59. The van der Waals surface area contributed by atoms with Gasteiger partial charge >= 0.3 is 0 Å². The third-order valence-corrected chi connectivity index (χ3v) is 5.16. The van der Waals surface area contributed by atoms with Crippen molar-refractivity contribution in [1.29, 1.82) is 0 Å². The Labute approximate surface area is 159 Å². The third-order valence-electron chi connectivity index (χ3n) is 5.16. The van der Waals surface area contributed by atoms with E-state index < -0.39 is 0 Å². The van der Waals surface area contributed by atoms with Crippen LogP contribution in [0.25, 0.3) is 11.4 Å². The summed E-state index contributed by atoms with van der Waals surface area (Å²) in [5, 5.41) is 0. The highest BCUT2D eigenvalue weighted by molar-refractivity contribution is 5.67. The second-order valence-electron chi connectivity index (χ2n) is 7.30. The first kappa shape index (κ1) is 20.4. The lowest BCUT2D eigenvalue weighted by molar-refractivity contribution is 0.557. The maximum Gasteiger partial charge on any atom is 0.162 e. The Morgan fingerprint density at radius 2 is 1.50 bits per heavy atom. The van der Waals surface area contributed by atoms with Crippen LogP contribution in [0.2, 0.25) is 0 Å². The Kier molecular flexibility index (Phi) is 7.62. The predicted molar refractivity (Wildman–Crippen MR) is 113 cm³/mol. The monoisotopic (exact) mass is 353 g/mol. The van der Waals surface area contributed by atoms with Crippen LogP contribution in [0.1, 0.15) is 76.0 Å². The molecule has 3 nitrogen and oxygen atoms in total. The second-order valence-corrected chi connectivity index (χ2v) is 7.30. The normalized spacial score (nSPS) is 11.2. The molecule has 0 aliphatic carbocycles. The lowest BCUT2D eigenvalue weighted by Crippen LogP contribution is -2.17. The average molecular weight is 354 g/mol. The smallest absolute Gasteiger partial charge is 0.162 e. The van der Waals surface area contributed by atoms with E-state index in [4.69, 9.17) is 9.97 Å². The van der Waals surface area contributed by atoms with Gasteiger partial charge in [-0.3, -0.25) is 0 Å². The summed E-state index contributed by atoms with van der Waals surface area (Å²) in [6.07, 6.45) is 8.88. The second kappa shape index (κ2) is 9.70. The minimum atomic E-state index is 0.545. The highest BCUT2D eigenvalue weighted by atomic mass is 15.2. The molecule has 0 fully saturated rings. The summed E-state index contributed by atoms with van der Waals surface area (Å²) in [5.41, 5.74) is 5.20. The van der Waals surface area contributed by atoms with E-state index in [1.54, 1.807) is 0 Å². The van der Waals surface area contributed by atoms with Crippen molar-refractivity contribution >= 4 is 5.82 Å². The third kappa shape index (κ3) is 4.44. The molecule has 0 aliphatic heterocycles. The first-order valence-corrected chi connectivity index (χ1v) is 10.2. The molecule has 0 radical (unpaired) electrons. The Morgan fingerprint density at radius 1 is 0.923 bits per heavy atom. The zero-order valence-corrected chi connectivity index (χ0v) is 17.5. The number of aryl methyl sites for hydroxylation is 2. The molecule has 0 bridgehead atoms. The quantitative estimate of drug-likeness (QED) is 0.552. The molecule has 2 aromatic rings. The van der Waals surface area contributed by atoms with Crippen molar-refractivity contribution in [1.82, 2.24) is 9.97 Å². The van der Waals surface area contributed by atoms with Gasteiger partial charge in [-0.05, 0) is 42.7 Å². The van der Waals surface area contributed by atoms with E-state index >= 15 is 0 Å². The minimum Gasteiger partial charge on any atom is -0.362 e. The van der Waals surface area contributed by atoms with Crippen molar-refractivity contribution in [2.75, 3.05) is 19.0 Å². The fourth-order valence-corrected chi connectivity index (χ4v) is 3.83. The number of hydrogen-bond acceptors (Lipinski definition) is 3. The predicted octanol–water partition coefficient (Wildman–Crippen LogP) is 6.02. The van der Waals surface area contributed by atoms with Gasteiger partial charge in [0.25, 0.3) is 0 Å². The van der Waals surface area contributed by atoms with Crippen molar-refractivity contribution in [3.63, 3.8) is 0 Å². The number of nitrogens with zero attached hydrogens (tertiary/aromatic N) is 3. The molecular formula is C23H35N3. The summed E-state index contributed by atoms with van der Waals surface area (Å²) >= 11 is 0. The maximum absolute atomic E-state index is 5.06. The highest BCUT2D eigenvalue weighted by Gasteiger charge is 2.20. The topological polar surface area (TPSA) is 29.0 Å². The van der Waals surface area contributed by atoms with E-state index in [9.17, 15) is 0 Å². The van der Waals surface area contributed by atoms with Crippen molar-refractivity contribution < 1.29 is 0 Å². The van der Waals surface area contributed by atoms with Crippen LogP contribution in [-0.2, 0) is 12.8 Å². The largest absolute Gasteiger partial charge is 0.362 e. The molecule has 1 aromatic carbocycles. The summed E-state index contributed by atoms with van der Waals surface area (Å²) in [6.45, 7) is 8.94. The summed E-state index contributed by atoms with van der Waals surface area (Å²) in [7, 11) is 4.19. The first-order chi connectivity index (χ1) is 12.6. The maximum atomic E-state index is 5.06. The molecule has 0 saturated carbocycles. The molecule has 0 aliphatic rings. The fraction of sp³-hybridized carbons (Fsp3) is 0.565. The summed E-state index contributed by atoms with van der Waals surface area (Å²) < 4.78 is 0. The van der Waals surface area contributed by atoms with Gasteiger partial charge in [0.2, 0.25) is 0 Å². The van der Waals surface area contributed by atoms with Crippen LogP contribution in [0.4, 0.5) is 5.82 Å². The lowest BCUT2D eigenvalue weighted by Gasteiger charge is -2.23. The van der Waals surface area contributed by atoms with Gasteiger partial charge in [-0.15, -0.1) is 0 Å². The van der Waals surface area contributed by atoms with Crippen molar-refractivity contribution in [3.05, 3.63) is 41.1 Å². The lowest BCUT2D eigenvalue weighted by atomic mass is 9.91. The Bertz CT molecular complexity index is 678. The number of anilines is 1. The van der Waals surface area contributed by atoms with Gasteiger partial charge in [-0.1, -0.05) is 58.7 Å². The zero-order valence-electron chi connectivity index (χ0n) is 17.5. The molecule has 0 N–H and O–H groups in total. The summed E-state index contributed by atoms with van der Waals surface area (Å²) in [4.78, 5) is 12.1. The standard InChI is InChI=1S/C23H35N3/c1-7-12-19(13-8-2)20-16-24-22(25-23(20)26(5)6)21-17(9-3)14-11-15-18(21)10-4/h11,14-16,19H,7-10,12-13H2,1-6H3. The molecule has 26 heavy (non-hydrogen) atoms. The first-order valence-electron chi connectivity index (χ1n) is 10.2. The van der Waals surface area contributed by atoms with Gasteiger partial charge in [-0.2, -0.15) is 0 Å². The van der Waals surface area contributed by atoms with Gasteiger partial charge < -0.3 is 4.90 Å². The number of rotatable bonds is 9. The minimum absolute atomic E-state index is 0.545. The molecule has 1 heterocycles. The van der Waals surface area contributed by atoms with Crippen LogP contribution in [-0.4, -0.2) is 24.1 Å². The fourth-order valence-electron chi connectivity index (χ4n) is 3.83. The van der Waals surface area contributed by atoms with Crippen molar-refractivity contribution in [3.8, 4) is 11.4 Å². The Morgan fingerprint density at radius 3 is 1.96 bits per heavy atom. The van der Waals surface area contributed by atoms with Gasteiger partial charge in [0.1, 0.15) is 5.82 Å². The van der Waals surface area contributed by atoms with Gasteiger partial charge in [0, 0.05) is 31.4 Å².